The number of benzene rings is 1. The summed E-state index contributed by atoms with van der Waals surface area (Å²) < 4.78 is 25.0. The van der Waals surface area contributed by atoms with E-state index in [9.17, 15) is 13.6 Å². The van der Waals surface area contributed by atoms with Crippen LogP contribution in [0.15, 0.2) is 12.1 Å². The lowest BCUT2D eigenvalue weighted by Gasteiger charge is -1.96. The van der Waals surface area contributed by atoms with Crippen LogP contribution >= 0.6 is 11.6 Å². The Hall–Kier alpha value is -0.960. The number of hydrogen-bond donors (Lipinski definition) is 0. The summed E-state index contributed by atoms with van der Waals surface area (Å²) in [4.78, 5) is 9.94. The first-order valence-electron chi connectivity index (χ1n) is 2.68. The Morgan fingerprint density at radius 1 is 1.36 bits per heavy atom. The van der Waals surface area contributed by atoms with E-state index >= 15 is 0 Å². The van der Waals surface area contributed by atoms with Gasteiger partial charge in [-0.2, -0.15) is 0 Å². The molecule has 0 saturated heterocycles. The molecule has 0 heterocycles. The zero-order valence-corrected chi connectivity index (χ0v) is 5.95. The van der Waals surface area contributed by atoms with Crippen LogP contribution in [-0.4, -0.2) is 6.29 Å². The summed E-state index contributed by atoms with van der Waals surface area (Å²) in [7, 11) is 0. The van der Waals surface area contributed by atoms with Gasteiger partial charge < -0.3 is 0 Å². The van der Waals surface area contributed by atoms with Gasteiger partial charge in [0.2, 0.25) is 6.29 Å². The van der Waals surface area contributed by atoms with Crippen molar-refractivity contribution in [2.45, 2.75) is 0 Å². The lowest BCUT2D eigenvalue weighted by atomic mass is 10.2. The van der Waals surface area contributed by atoms with E-state index < -0.39 is 16.7 Å². The Morgan fingerprint density at radius 2 is 2.00 bits per heavy atom. The lowest BCUT2D eigenvalue weighted by molar-refractivity contribution is 0.552. The van der Waals surface area contributed by atoms with Gasteiger partial charge in [-0.15, -0.1) is 0 Å². The predicted octanol–water partition coefficient (Wildman–Crippen LogP) is 2.08. The molecule has 1 nitrogen and oxygen atoms in total. The van der Waals surface area contributed by atoms with Crippen molar-refractivity contribution in [2.24, 2.45) is 0 Å². The first-order chi connectivity index (χ1) is 5.16. The first-order valence-corrected chi connectivity index (χ1v) is 3.06. The topological polar surface area (TPSA) is 17.1 Å². The molecule has 0 bridgehead atoms. The summed E-state index contributed by atoms with van der Waals surface area (Å²) in [6.45, 7) is 0. The van der Waals surface area contributed by atoms with E-state index in [2.05, 4.69) is 0 Å². The largest absolute Gasteiger partial charge is 0.285 e. The highest BCUT2D eigenvalue weighted by Crippen LogP contribution is 2.20. The molecule has 4 heteroatoms. The Kier molecular flexibility index (Phi) is 2.19. The molecule has 1 aromatic rings. The summed E-state index contributed by atoms with van der Waals surface area (Å²) in [5.41, 5.74) is -0.364. The van der Waals surface area contributed by atoms with Gasteiger partial charge in [0.15, 0.2) is 5.82 Å². The molecule has 0 aliphatic rings. The Morgan fingerprint density at radius 3 is 2.55 bits per heavy atom. The molecule has 0 aliphatic carbocycles. The predicted molar refractivity (Wildman–Crippen MR) is 36.2 cm³/mol. The van der Waals surface area contributed by atoms with E-state index in [1.54, 1.807) is 0 Å². The molecule has 0 saturated carbocycles. The number of hydrogen-bond acceptors (Lipinski definition) is 1. The van der Waals surface area contributed by atoms with E-state index in [0.717, 1.165) is 12.1 Å². The van der Waals surface area contributed by atoms with Crippen LogP contribution in [0.5, 0.6) is 0 Å². The Balaban J connectivity index is 3.36. The van der Waals surface area contributed by atoms with Crippen LogP contribution in [0.2, 0.25) is 5.02 Å². The average Bonchev–Trinajstić information content (AvgIpc) is 2.01. The molecule has 0 spiro atoms. The maximum atomic E-state index is 12.6. The van der Waals surface area contributed by atoms with Crippen molar-refractivity contribution in [1.29, 1.82) is 0 Å². The minimum atomic E-state index is -1.07. The van der Waals surface area contributed by atoms with Gasteiger partial charge >= 0.3 is 0 Å². The monoisotopic (exact) mass is 175 g/mol. The van der Waals surface area contributed by atoms with Gasteiger partial charge in [-0.1, -0.05) is 11.6 Å². The normalized spacial score (nSPS) is 9.73. The van der Waals surface area contributed by atoms with Crippen molar-refractivity contribution >= 4 is 17.9 Å². The highest BCUT2D eigenvalue weighted by atomic mass is 35.5. The second-order valence-electron chi connectivity index (χ2n) is 1.82. The fraction of sp³-hybridized carbons (Fsp3) is 0. The standard InChI is InChI=1S/C7H2ClF2O/c8-6-5(9)2-1-4(3-11)7(6)10/h1-2H. The van der Waals surface area contributed by atoms with Crippen LogP contribution in [-0.2, 0) is 4.79 Å². The van der Waals surface area contributed by atoms with Gasteiger partial charge in [-0.05, 0) is 12.1 Å². The molecule has 0 aromatic heterocycles. The summed E-state index contributed by atoms with van der Waals surface area (Å²) in [6, 6.07) is 1.88. The zero-order valence-electron chi connectivity index (χ0n) is 5.20. The van der Waals surface area contributed by atoms with Gasteiger partial charge in [0.1, 0.15) is 10.8 Å². The van der Waals surface area contributed by atoms with Crippen LogP contribution in [0.1, 0.15) is 5.56 Å². The molecule has 0 N–H and O–H groups in total. The van der Waals surface area contributed by atoms with Crippen molar-refractivity contribution in [3.8, 4) is 0 Å². The fourth-order valence-corrected chi connectivity index (χ4v) is 0.770. The summed E-state index contributed by atoms with van der Waals surface area (Å²) in [6.07, 6.45) is 1.29. The van der Waals surface area contributed by atoms with Crippen molar-refractivity contribution in [2.75, 3.05) is 0 Å². The number of rotatable bonds is 1. The minimum absolute atomic E-state index is 0.364. The van der Waals surface area contributed by atoms with Gasteiger partial charge in [0.25, 0.3) is 0 Å². The van der Waals surface area contributed by atoms with Gasteiger partial charge in [0, 0.05) is 0 Å². The van der Waals surface area contributed by atoms with Crippen LogP contribution < -0.4 is 0 Å². The van der Waals surface area contributed by atoms with Crippen LogP contribution in [0.25, 0.3) is 0 Å². The van der Waals surface area contributed by atoms with E-state index in [1.807, 2.05) is 0 Å². The molecule has 0 amide bonds. The molecular formula is C7H2ClF2O. The molecule has 1 rings (SSSR count). The van der Waals surface area contributed by atoms with E-state index in [1.165, 1.54) is 6.29 Å². The maximum absolute atomic E-state index is 12.6. The SMILES string of the molecule is O=[C]c1ccc(F)c(Cl)c1F. The third-order valence-electron chi connectivity index (χ3n) is 1.15. The highest BCUT2D eigenvalue weighted by Gasteiger charge is 2.10. The molecule has 11 heavy (non-hydrogen) atoms. The summed E-state index contributed by atoms with van der Waals surface area (Å²) in [5, 5.41) is -0.675. The quantitative estimate of drug-likeness (QED) is 0.598. The van der Waals surface area contributed by atoms with Gasteiger partial charge in [0.05, 0.1) is 5.56 Å². The third kappa shape index (κ3) is 1.38. The molecule has 0 unspecified atom stereocenters. The van der Waals surface area contributed by atoms with Crippen LogP contribution in [0.3, 0.4) is 0 Å². The molecule has 0 atom stereocenters. The summed E-state index contributed by atoms with van der Waals surface area (Å²) >= 11 is 5.13. The lowest BCUT2D eigenvalue weighted by Crippen LogP contribution is -1.91. The molecule has 0 aliphatic heterocycles. The van der Waals surface area contributed by atoms with Crippen molar-refractivity contribution < 1.29 is 13.6 Å². The van der Waals surface area contributed by atoms with Crippen molar-refractivity contribution in [1.82, 2.24) is 0 Å². The van der Waals surface area contributed by atoms with Crippen molar-refractivity contribution in [3.63, 3.8) is 0 Å². The van der Waals surface area contributed by atoms with E-state index in [-0.39, 0.29) is 5.56 Å². The molecule has 1 radical (unpaired) electrons. The van der Waals surface area contributed by atoms with E-state index in [0.29, 0.717) is 0 Å². The third-order valence-corrected chi connectivity index (χ3v) is 1.49. The molecule has 1 aromatic carbocycles. The van der Waals surface area contributed by atoms with Crippen LogP contribution in [0.4, 0.5) is 8.78 Å². The Bertz CT molecular complexity index is 299. The zero-order chi connectivity index (χ0) is 8.43. The molecule has 0 fully saturated rings. The van der Waals surface area contributed by atoms with E-state index in [4.69, 9.17) is 11.6 Å². The van der Waals surface area contributed by atoms with Crippen LogP contribution in [0, 0.1) is 11.6 Å². The fourth-order valence-electron chi connectivity index (χ4n) is 0.605. The average molecular weight is 176 g/mol. The van der Waals surface area contributed by atoms with Gasteiger partial charge in [-0.25, -0.2) is 8.78 Å². The van der Waals surface area contributed by atoms with Gasteiger partial charge in [-0.3, -0.25) is 4.79 Å². The number of halogens is 3. The Labute approximate surface area is 66.6 Å². The minimum Gasteiger partial charge on any atom is -0.285 e. The second kappa shape index (κ2) is 2.96. The highest BCUT2D eigenvalue weighted by molar-refractivity contribution is 6.31. The molecular weight excluding hydrogens is 174 g/mol. The number of carbonyl (C=O) groups excluding carboxylic acids is 1. The first kappa shape index (κ1) is 8.14. The van der Waals surface area contributed by atoms with Crippen molar-refractivity contribution in [3.05, 3.63) is 34.4 Å². The second-order valence-corrected chi connectivity index (χ2v) is 2.20. The summed E-state index contributed by atoms with van der Waals surface area (Å²) in [5.74, 6) is -1.95. The molecule has 57 valence electrons. The smallest absolute Gasteiger partial charge is 0.236 e. The maximum Gasteiger partial charge on any atom is 0.236 e.